The number of nitrogens with one attached hydrogen (secondary N) is 1. The maximum absolute atomic E-state index is 13.4. The van der Waals surface area contributed by atoms with Crippen molar-refractivity contribution in [1.82, 2.24) is 20.0 Å². The Hall–Kier alpha value is -1.86. The number of ether oxygens (including phenoxy) is 1. The molecule has 2 aliphatic heterocycles. The molecule has 1 N–H and O–H groups in total. The molecular formula is C21H30N4O2S. The summed E-state index contributed by atoms with van der Waals surface area (Å²) in [5, 5.41) is 4.23. The van der Waals surface area contributed by atoms with Gasteiger partial charge >= 0.3 is 0 Å². The van der Waals surface area contributed by atoms with E-state index in [4.69, 9.17) is 17.0 Å². The summed E-state index contributed by atoms with van der Waals surface area (Å²) < 4.78 is 5.42. The molecule has 0 aromatic heterocycles. The minimum atomic E-state index is -0.0746. The summed E-state index contributed by atoms with van der Waals surface area (Å²) in [4.78, 5) is 19.9. The number of hydrogen-bond acceptors (Lipinski definition) is 4. The maximum atomic E-state index is 13.4. The smallest absolute Gasteiger partial charge is 0.228 e. The molecular weight excluding hydrogens is 372 g/mol. The number of thiocarbonyl (C=S) groups is 1. The summed E-state index contributed by atoms with van der Waals surface area (Å²) in [7, 11) is 3.79. The second kappa shape index (κ2) is 8.25. The molecule has 1 aromatic carbocycles. The predicted molar refractivity (Wildman–Crippen MR) is 114 cm³/mol. The average molecular weight is 403 g/mol. The zero-order chi connectivity index (χ0) is 19.7. The second-order valence-electron chi connectivity index (χ2n) is 8.25. The minimum absolute atomic E-state index is 0.0746. The van der Waals surface area contributed by atoms with E-state index in [9.17, 15) is 4.79 Å². The van der Waals surface area contributed by atoms with Gasteiger partial charge in [0.2, 0.25) is 5.91 Å². The van der Waals surface area contributed by atoms with Crippen LogP contribution in [-0.2, 0) is 4.79 Å². The van der Waals surface area contributed by atoms with Crippen molar-refractivity contribution in [2.45, 2.75) is 24.8 Å². The van der Waals surface area contributed by atoms with Crippen LogP contribution in [0.4, 0.5) is 0 Å². The van der Waals surface area contributed by atoms with E-state index < -0.39 is 0 Å². The molecule has 1 saturated carbocycles. The molecule has 6 nitrogen and oxygen atoms in total. The first-order valence-corrected chi connectivity index (χ1v) is 10.6. The highest BCUT2D eigenvalue weighted by Gasteiger charge is 2.42. The molecule has 2 heterocycles. The van der Waals surface area contributed by atoms with Gasteiger partial charge in [0.15, 0.2) is 5.11 Å². The van der Waals surface area contributed by atoms with Crippen LogP contribution in [0.2, 0.25) is 0 Å². The number of nitrogens with zero attached hydrogens (tertiary/aromatic N) is 3. The molecule has 28 heavy (non-hydrogen) atoms. The van der Waals surface area contributed by atoms with E-state index in [-0.39, 0.29) is 17.7 Å². The number of hydrogen-bond donors (Lipinski definition) is 1. The van der Waals surface area contributed by atoms with Gasteiger partial charge in [0.25, 0.3) is 0 Å². The van der Waals surface area contributed by atoms with Crippen molar-refractivity contribution in [1.29, 1.82) is 0 Å². The fourth-order valence-electron chi connectivity index (χ4n) is 4.18. The van der Waals surface area contributed by atoms with Gasteiger partial charge in [0.05, 0.1) is 13.0 Å². The summed E-state index contributed by atoms with van der Waals surface area (Å²) in [6, 6.07) is 8.66. The van der Waals surface area contributed by atoms with Crippen LogP contribution in [0.1, 0.15) is 24.3 Å². The number of benzene rings is 1. The lowest BCUT2D eigenvalue weighted by molar-refractivity contribution is -0.137. The van der Waals surface area contributed by atoms with Crippen molar-refractivity contribution in [2.75, 3.05) is 53.4 Å². The van der Waals surface area contributed by atoms with E-state index in [1.807, 2.05) is 17.0 Å². The van der Waals surface area contributed by atoms with Crippen LogP contribution >= 0.6 is 12.2 Å². The third-order valence-corrected chi connectivity index (χ3v) is 6.54. The lowest BCUT2D eigenvalue weighted by atomic mass is 9.87. The molecule has 1 amide bonds. The molecule has 0 bridgehead atoms. The number of rotatable bonds is 4. The Morgan fingerprint density at radius 2 is 1.89 bits per heavy atom. The van der Waals surface area contributed by atoms with E-state index in [0.29, 0.717) is 12.6 Å². The van der Waals surface area contributed by atoms with Crippen LogP contribution in [0.25, 0.3) is 0 Å². The van der Waals surface area contributed by atoms with E-state index in [1.165, 1.54) is 12.8 Å². The van der Waals surface area contributed by atoms with Crippen molar-refractivity contribution < 1.29 is 9.53 Å². The third-order valence-electron chi connectivity index (χ3n) is 6.17. The number of carbonyl (C=O) groups is 1. The van der Waals surface area contributed by atoms with Crippen LogP contribution in [-0.4, -0.2) is 85.2 Å². The number of amides is 1. The van der Waals surface area contributed by atoms with Crippen molar-refractivity contribution in [2.24, 2.45) is 5.92 Å². The van der Waals surface area contributed by atoms with Gasteiger partial charge in [-0.15, -0.1) is 0 Å². The molecule has 152 valence electrons. The van der Waals surface area contributed by atoms with Gasteiger partial charge in [0, 0.05) is 51.2 Å². The van der Waals surface area contributed by atoms with Crippen LogP contribution < -0.4 is 10.1 Å². The summed E-state index contributed by atoms with van der Waals surface area (Å²) in [5.41, 5.74) is 1.16. The van der Waals surface area contributed by atoms with Crippen LogP contribution in [0.3, 0.4) is 0 Å². The highest BCUT2D eigenvalue weighted by atomic mass is 32.1. The van der Waals surface area contributed by atoms with Gasteiger partial charge in [-0.1, -0.05) is 12.1 Å². The average Bonchev–Trinajstić information content (AvgIpc) is 3.41. The SMILES string of the molecule is COc1cccc(C2CN(C(=S)NC3CC3)CC2C(=O)N2CCN(C)CC2)c1. The van der Waals surface area contributed by atoms with Gasteiger partial charge in [-0.3, -0.25) is 4.79 Å². The highest BCUT2D eigenvalue weighted by molar-refractivity contribution is 7.80. The molecule has 1 aromatic rings. The second-order valence-corrected chi connectivity index (χ2v) is 8.63. The number of likely N-dealkylation sites (tertiary alicyclic amines) is 1. The Balaban J connectivity index is 1.54. The van der Waals surface area contributed by atoms with Crippen LogP contribution in [0.15, 0.2) is 24.3 Å². The zero-order valence-corrected chi connectivity index (χ0v) is 17.6. The first-order valence-electron chi connectivity index (χ1n) is 10.2. The van der Waals surface area contributed by atoms with Crippen molar-refractivity contribution in [3.63, 3.8) is 0 Å². The van der Waals surface area contributed by atoms with Crippen molar-refractivity contribution in [3.05, 3.63) is 29.8 Å². The van der Waals surface area contributed by atoms with E-state index in [2.05, 4.69) is 34.3 Å². The van der Waals surface area contributed by atoms with Gasteiger partial charge in [0.1, 0.15) is 5.75 Å². The Bertz CT molecular complexity index is 731. The molecule has 0 radical (unpaired) electrons. The standard InChI is InChI=1S/C21H30N4O2S/c1-23-8-10-24(11-9-23)20(26)19-14-25(21(28)22-16-6-7-16)13-18(19)15-4-3-5-17(12-15)27-2/h3-5,12,16,18-19H,6-11,13-14H2,1-2H3,(H,22,28). The number of piperazine rings is 1. The highest BCUT2D eigenvalue weighted by Crippen LogP contribution is 2.36. The van der Waals surface area contributed by atoms with Crippen LogP contribution in [0, 0.1) is 5.92 Å². The molecule has 2 atom stereocenters. The summed E-state index contributed by atoms with van der Waals surface area (Å²) in [6.45, 7) is 4.95. The molecule has 2 saturated heterocycles. The largest absolute Gasteiger partial charge is 0.497 e. The summed E-state index contributed by atoms with van der Waals surface area (Å²) >= 11 is 5.65. The normalized spacial score (nSPS) is 25.6. The Morgan fingerprint density at radius 3 is 2.57 bits per heavy atom. The quantitative estimate of drug-likeness (QED) is 0.771. The predicted octanol–water partition coefficient (Wildman–Crippen LogP) is 1.52. The zero-order valence-electron chi connectivity index (χ0n) is 16.8. The molecule has 2 unspecified atom stereocenters. The van der Waals surface area contributed by atoms with E-state index in [1.54, 1.807) is 7.11 Å². The Morgan fingerprint density at radius 1 is 1.14 bits per heavy atom. The maximum Gasteiger partial charge on any atom is 0.228 e. The number of methoxy groups -OCH3 is 1. The van der Waals surface area contributed by atoms with Crippen molar-refractivity contribution >= 4 is 23.2 Å². The molecule has 1 aliphatic carbocycles. The molecule has 3 fully saturated rings. The lowest BCUT2D eigenvalue weighted by Gasteiger charge is -2.35. The topological polar surface area (TPSA) is 48.1 Å². The fourth-order valence-corrected chi connectivity index (χ4v) is 4.50. The first kappa shape index (κ1) is 19.5. The van der Waals surface area contributed by atoms with E-state index >= 15 is 0 Å². The fraction of sp³-hybridized carbons (Fsp3) is 0.619. The molecule has 7 heteroatoms. The number of likely N-dealkylation sites (N-methyl/N-ethyl adjacent to an activating group) is 1. The van der Waals surface area contributed by atoms with E-state index in [0.717, 1.165) is 49.1 Å². The Labute approximate surface area is 172 Å². The number of carbonyl (C=O) groups excluding carboxylic acids is 1. The van der Waals surface area contributed by atoms with Crippen LogP contribution in [0.5, 0.6) is 5.75 Å². The van der Waals surface area contributed by atoms with Gasteiger partial charge in [-0.05, 0) is 49.8 Å². The third kappa shape index (κ3) is 4.25. The molecule has 0 spiro atoms. The summed E-state index contributed by atoms with van der Waals surface area (Å²) in [6.07, 6.45) is 2.38. The minimum Gasteiger partial charge on any atom is -0.497 e. The van der Waals surface area contributed by atoms with Gasteiger partial charge < -0.3 is 24.8 Å². The monoisotopic (exact) mass is 402 g/mol. The first-order chi connectivity index (χ1) is 13.5. The summed E-state index contributed by atoms with van der Waals surface area (Å²) in [5.74, 6) is 1.15. The van der Waals surface area contributed by atoms with Gasteiger partial charge in [-0.25, -0.2) is 0 Å². The van der Waals surface area contributed by atoms with Crippen molar-refractivity contribution in [3.8, 4) is 5.75 Å². The molecule has 4 rings (SSSR count). The van der Waals surface area contributed by atoms with Gasteiger partial charge in [-0.2, -0.15) is 0 Å². The molecule has 3 aliphatic rings. The Kier molecular flexibility index (Phi) is 5.73. The lowest BCUT2D eigenvalue weighted by Crippen LogP contribution is -2.50.